The van der Waals surface area contributed by atoms with Gasteiger partial charge in [0.2, 0.25) is 0 Å². The van der Waals surface area contributed by atoms with Crippen molar-refractivity contribution in [2.45, 2.75) is 24.2 Å². The van der Waals surface area contributed by atoms with E-state index in [1.54, 1.807) is 6.07 Å². The SMILES string of the molecule is Nc1cccc(Cl)c1S(=O)(=O)Nc1nc2c(s1)CCC2. The molecule has 8 heteroatoms. The lowest BCUT2D eigenvalue weighted by Gasteiger charge is -2.09. The number of halogens is 1. The maximum absolute atomic E-state index is 12.4. The van der Waals surface area contributed by atoms with Gasteiger partial charge in [-0.05, 0) is 31.4 Å². The standard InChI is InChI=1S/C12H12ClN3O2S2/c13-7-3-1-4-8(14)11(7)20(17,18)16-12-15-9-5-2-6-10(9)19-12/h1,3-4H,2,5-6,14H2,(H,15,16). The molecule has 1 aromatic heterocycles. The van der Waals surface area contributed by atoms with E-state index in [9.17, 15) is 8.42 Å². The quantitative estimate of drug-likeness (QED) is 0.848. The van der Waals surface area contributed by atoms with Gasteiger partial charge in [0, 0.05) is 4.88 Å². The molecule has 0 spiro atoms. The summed E-state index contributed by atoms with van der Waals surface area (Å²) in [5, 5.41) is 0.468. The van der Waals surface area contributed by atoms with Crippen LogP contribution in [0.2, 0.25) is 5.02 Å². The van der Waals surface area contributed by atoms with Crippen molar-refractivity contribution in [3.05, 3.63) is 33.8 Å². The van der Waals surface area contributed by atoms with Crippen LogP contribution in [0.4, 0.5) is 10.8 Å². The fourth-order valence-electron chi connectivity index (χ4n) is 2.21. The van der Waals surface area contributed by atoms with Crippen LogP contribution in [-0.4, -0.2) is 13.4 Å². The molecule has 0 unspecified atom stereocenters. The number of thiazole rings is 1. The highest BCUT2D eigenvalue weighted by atomic mass is 35.5. The average molecular weight is 330 g/mol. The summed E-state index contributed by atoms with van der Waals surface area (Å²) in [6.45, 7) is 0. The zero-order valence-corrected chi connectivity index (χ0v) is 12.8. The van der Waals surface area contributed by atoms with Gasteiger partial charge in [-0.1, -0.05) is 17.7 Å². The average Bonchev–Trinajstić information content (AvgIpc) is 2.87. The van der Waals surface area contributed by atoms with Crippen molar-refractivity contribution >= 4 is 43.8 Å². The topological polar surface area (TPSA) is 85.1 Å². The molecule has 0 saturated carbocycles. The van der Waals surface area contributed by atoms with Crippen LogP contribution in [0.3, 0.4) is 0 Å². The second kappa shape index (κ2) is 4.91. The molecule has 3 rings (SSSR count). The third-order valence-electron chi connectivity index (χ3n) is 3.08. The molecule has 3 N–H and O–H groups in total. The van der Waals surface area contributed by atoms with E-state index in [1.165, 1.54) is 23.5 Å². The van der Waals surface area contributed by atoms with Crippen LogP contribution in [0.15, 0.2) is 23.1 Å². The first kappa shape index (κ1) is 13.7. The lowest BCUT2D eigenvalue weighted by molar-refractivity contribution is 0.601. The Morgan fingerprint density at radius 1 is 1.35 bits per heavy atom. The van der Waals surface area contributed by atoms with E-state index < -0.39 is 10.0 Å². The highest BCUT2D eigenvalue weighted by molar-refractivity contribution is 7.93. The van der Waals surface area contributed by atoms with Gasteiger partial charge in [0.15, 0.2) is 5.13 Å². The van der Waals surface area contributed by atoms with Crippen molar-refractivity contribution in [1.29, 1.82) is 0 Å². The number of rotatable bonds is 3. The van der Waals surface area contributed by atoms with E-state index in [2.05, 4.69) is 9.71 Å². The van der Waals surface area contributed by atoms with Gasteiger partial charge in [-0.2, -0.15) is 0 Å². The van der Waals surface area contributed by atoms with Gasteiger partial charge in [0.05, 0.1) is 16.4 Å². The van der Waals surface area contributed by atoms with Gasteiger partial charge < -0.3 is 5.73 Å². The zero-order chi connectivity index (χ0) is 14.3. The molecule has 0 aliphatic heterocycles. The Labute approximate surface area is 125 Å². The van der Waals surface area contributed by atoms with E-state index in [-0.39, 0.29) is 15.6 Å². The summed E-state index contributed by atoms with van der Waals surface area (Å²) in [6, 6.07) is 4.60. The molecule has 0 saturated heterocycles. The molecule has 0 amide bonds. The molecular formula is C12H12ClN3O2S2. The number of nitrogens with zero attached hydrogens (tertiary/aromatic N) is 1. The van der Waals surface area contributed by atoms with Crippen molar-refractivity contribution in [3.63, 3.8) is 0 Å². The van der Waals surface area contributed by atoms with Gasteiger partial charge in [-0.25, -0.2) is 13.4 Å². The summed E-state index contributed by atoms with van der Waals surface area (Å²) in [5.41, 5.74) is 6.82. The largest absolute Gasteiger partial charge is 0.398 e. The summed E-state index contributed by atoms with van der Waals surface area (Å²) in [6.07, 6.45) is 2.95. The summed E-state index contributed by atoms with van der Waals surface area (Å²) < 4.78 is 27.2. The molecule has 20 heavy (non-hydrogen) atoms. The smallest absolute Gasteiger partial charge is 0.267 e. The third-order valence-corrected chi connectivity index (χ3v) is 6.17. The number of hydrogen-bond acceptors (Lipinski definition) is 5. The molecule has 0 fully saturated rings. The Morgan fingerprint density at radius 3 is 2.85 bits per heavy atom. The van der Waals surface area contributed by atoms with Crippen LogP contribution in [0.25, 0.3) is 0 Å². The second-order valence-electron chi connectivity index (χ2n) is 4.51. The Morgan fingerprint density at radius 2 is 2.15 bits per heavy atom. The molecule has 1 heterocycles. The predicted molar refractivity (Wildman–Crippen MR) is 80.8 cm³/mol. The van der Waals surface area contributed by atoms with Crippen LogP contribution < -0.4 is 10.5 Å². The number of nitrogen functional groups attached to an aromatic ring is 1. The van der Waals surface area contributed by atoms with E-state index in [0.717, 1.165) is 29.8 Å². The Balaban J connectivity index is 1.96. The van der Waals surface area contributed by atoms with Gasteiger partial charge >= 0.3 is 0 Å². The fraction of sp³-hybridized carbons (Fsp3) is 0.250. The number of aromatic nitrogens is 1. The van der Waals surface area contributed by atoms with Crippen LogP contribution in [0, 0.1) is 0 Å². The molecule has 0 radical (unpaired) electrons. The lowest BCUT2D eigenvalue weighted by Crippen LogP contribution is -2.15. The predicted octanol–water partition coefficient (Wildman–Crippen LogP) is 2.67. The normalized spacial score (nSPS) is 14.2. The first-order valence-electron chi connectivity index (χ1n) is 6.03. The molecule has 1 aromatic carbocycles. The number of aryl methyl sites for hydroxylation is 2. The molecular weight excluding hydrogens is 318 g/mol. The minimum atomic E-state index is -3.82. The van der Waals surface area contributed by atoms with Crippen LogP contribution in [0.5, 0.6) is 0 Å². The summed E-state index contributed by atoms with van der Waals surface area (Å²) >= 11 is 7.31. The van der Waals surface area contributed by atoms with Gasteiger partial charge in [0.25, 0.3) is 10.0 Å². The van der Waals surface area contributed by atoms with Crippen molar-refractivity contribution in [3.8, 4) is 0 Å². The van der Waals surface area contributed by atoms with Crippen molar-refractivity contribution in [2.75, 3.05) is 10.5 Å². The second-order valence-corrected chi connectivity index (χ2v) is 7.62. The Hall–Kier alpha value is -1.31. The lowest BCUT2D eigenvalue weighted by atomic mass is 10.3. The summed E-state index contributed by atoms with van der Waals surface area (Å²) in [5.74, 6) is 0. The summed E-state index contributed by atoms with van der Waals surface area (Å²) in [7, 11) is -3.82. The molecule has 106 valence electrons. The number of fused-ring (bicyclic) bond motifs is 1. The van der Waals surface area contributed by atoms with Crippen molar-refractivity contribution in [1.82, 2.24) is 4.98 Å². The van der Waals surface area contributed by atoms with Crippen molar-refractivity contribution in [2.24, 2.45) is 0 Å². The zero-order valence-electron chi connectivity index (χ0n) is 10.4. The van der Waals surface area contributed by atoms with Gasteiger partial charge in [-0.15, -0.1) is 11.3 Å². The number of anilines is 2. The van der Waals surface area contributed by atoms with E-state index in [0.29, 0.717) is 5.13 Å². The van der Waals surface area contributed by atoms with Gasteiger partial charge in [0.1, 0.15) is 4.90 Å². The monoisotopic (exact) mass is 329 g/mol. The Kier molecular flexibility index (Phi) is 3.35. The van der Waals surface area contributed by atoms with Crippen LogP contribution in [0.1, 0.15) is 17.0 Å². The van der Waals surface area contributed by atoms with Crippen LogP contribution >= 0.6 is 22.9 Å². The maximum Gasteiger partial charge on any atom is 0.267 e. The molecule has 0 atom stereocenters. The maximum atomic E-state index is 12.4. The van der Waals surface area contributed by atoms with E-state index in [1.807, 2.05) is 0 Å². The first-order chi connectivity index (χ1) is 9.47. The fourth-order valence-corrected chi connectivity index (χ4v) is 5.17. The number of hydrogen-bond donors (Lipinski definition) is 2. The Bertz CT molecular complexity index is 729. The molecule has 0 bridgehead atoms. The third kappa shape index (κ3) is 2.36. The van der Waals surface area contributed by atoms with Gasteiger partial charge in [-0.3, -0.25) is 4.72 Å². The van der Waals surface area contributed by atoms with Crippen molar-refractivity contribution < 1.29 is 8.42 Å². The first-order valence-corrected chi connectivity index (χ1v) is 8.70. The molecule has 1 aliphatic carbocycles. The molecule has 5 nitrogen and oxygen atoms in total. The number of nitrogens with one attached hydrogen (secondary N) is 1. The van der Waals surface area contributed by atoms with E-state index >= 15 is 0 Å². The molecule has 2 aromatic rings. The number of benzene rings is 1. The number of nitrogens with two attached hydrogens (primary N) is 1. The van der Waals surface area contributed by atoms with E-state index in [4.69, 9.17) is 17.3 Å². The number of sulfonamides is 1. The highest BCUT2D eigenvalue weighted by Gasteiger charge is 2.24. The van der Waals surface area contributed by atoms with Crippen LogP contribution in [-0.2, 0) is 22.9 Å². The minimum absolute atomic E-state index is 0.0987. The molecule has 1 aliphatic rings. The minimum Gasteiger partial charge on any atom is -0.398 e. The highest BCUT2D eigenvalue weighted by Crippen LogP contribution is 2.33. The summed E-state index contributed by atoms with van der Waals surface area (Å²) in [4.78, 5) is 5.35.